The van der Waals surface area contributed by atoms with Gasteiger partial charge in [0.15, 0.2) is 0 Å². The topological polar surface area (TPSA) is 57.7 Å². The monoisotopic (exact) mass is 348 g/mol. The van der Waals surface area contributed by atoms with Crippen molar-refractivity contribution < 1.29 is 13.2 Å². The van der Waals surface area contributed by atoms with Crippen molar-refractivity contribution in [3.8, 4) is 0 Å². The van der Waals surface area contributed by atoms with Crippen molar-refractivity contribution in [1.82, 2.24) is 9.21 Å². The number of rotatable bonds is 3. The molecule has 1 heterocycles. The third-order valence-electron chi connectivity index (χ3n) is 5.19. The van der Waals surface area contributed by atoms with Crippen LogP contribution in [0, 0.1) is 12.8 Å². The Bertz CT molecular complexity index is 742. The van der Waals surface area contributed by atoms with Crippen LogP contribution in [0.2, 0.25) is 0 Å². The van der Waals surface area contributed by atoms with Crippen molar-refractivity contribution in [3.63, 3.8) is 0 Å². The van der Waals surface area contributed by atoms with Gasteiger partial charge >= 0.3 is 0 Å². The van der Waals surface area contributed by atoms with Crippen LogP contribution in [-0.4, -0.2) is 42.8 Å². The molecule has 5 nitrogen and oxygen atoms in total. The molecule has 2 fully saturated rings. The molecule has 1 aromatic carbocycles. The lowest BCUT2D eigenvalue weighted by Crippen LogP contribution is -2.64. The van der Waals surface area contributed by atoms with E-state index < -0.39 is 16.2 Å². The smallest absolute Gasteiger partial charge is 0.245 e. The average molecular weight is 348 g/mol. The zero-order valence-electron chi connectivity index (χ0n) is 14.2. The van der Waals surface area contributed by atoms with E-state index in [-0.39, 0.29) is 22.8 Å². The van der Waals surface area contributed by atoms with E-state index in [4.69, 9.17) is 0 Å². The maximum atomic E-state index is 13.3. The van der Waals surface area contributed by atoms with Crippen molar-refractivity contribution in [1.29, 1.82) is 0 Å². The first-order chi connectivity index (χ1) is 11.4. The summed E-state index contributed by atoms with van der Waals surface area (Å²) >= 11 is 0. The van der Waals surface area contributed by atoms with Crippen LogP contribution >= 0.6 is 0 Å². The van der Waals surface area contributed by atoms with Crippen molar-refractivity contribution >= 4 is 15.9 Å². The summed E-state index contributed by atoms with van der Waals surface area (Å²) in [5.74, 6) is -0.222. The fourth-order valence-electron chi connectivity index (χ4n) is 3.88. The minimum atomic E-state index is -3.70. The lowest BCUT2D eigenvalue weighted by molar-refractivity contribution is -0.148. The molecule has 24 heavy (non-hydrogen) atoms. The summed E-state index contributed by atoms with van der Waals surface area (Å²) in [5, 5.41) is 0. The summed E-state index contributed by atoms with van der Waals surface area (Å²) in [4.78, 5) is 14.4. The van der Waals surface area contributed by atoms with Gasteiger partial charge in [-0.25, -0.2) is 8.42 Å². The molecule has 3 rings (SSSR count). The van der Waals surface area contributed by atoms with Gasteiger partial charge in [0.2, 0.25) is 15.9 Å². The van der Waals surface area contributed by atoms with Crippen molar-refractivity contribution in [3.05, 3.63) is 42.5 Å². The molecule has 3 atom stereocenters. The van der Waals surface area contributed by atoms with E-state index in [1.165, 1.54) is 9.21 Å². The molecular formula is C18H24N2O3S. The number of likely N-dealkylation sites (N-methyl/N-ethyl adjacent to an activating group) is 1. The molecule has 2 aliphatic rings. The molecular weight excluding hydrogens is 324 g/mol. The molecule has 1 aliphatic carbocycles. The molecule has 1 saturated heterocycles. The highest BCUT2D eigenvalue weighted by atomic mass is 32.2. The molecule has 1 saturated carbocycles. The van der Waals surface area contributed by atoms with Gasteiger partial charge in [-0.05, 0) is 31.9 Å². The number of carbonyl (C=O) groups excluding carboxylic acids is 1. The highest BCUT2D eigenvalue weighted by Crippen LogP contribution is 2.39. The third-order valence-corrected chi connectivity index (χ3v) is 7.10. The molecule has 0 aromatic heterocycles. The van der Waals surface area contributed by atoms with E-state index >= 15 is 0 Å². The number of hydrogen-bond acceptors (Lipinski definition) is 3. The number of carbonyl (C=O) groups is 1. The Hall–Kier alpha value is -1.66. The highest BCUT2D eigenvalue weighted by Gasteiger charge is 2.50. The van der Waals surface area contributed by atoms with E-state index in [1.807, 2.05) is 6.92 Å². The Morgan fingerprint density at radius 3 is 2.42 bits per heavy atom. The number of hydrogen-bond donors (Lipinski definition) is 0. The second kappa shape index (κ2) is 6.33. The fourth-order valence-corrected chi connectivity index (χ4v) is 5.72. The first-order valence-corrected chi connectivity index (χ1v) is 9.81. The molecule has 0 radical (unpaired) electrons. The van der Waals surface area contributed by atoms with Gasteiger partial charge in [-0.3, -0.25) is 4.79 Å². The van der Waals surface area contributed by atoms with E-state index in [2.05, 4.69) is 6.58 Å². The zero-order valence-corrected chi connectivity index (χ0v) is 15.0. The van der Waals surface area contributed by atoms with Crippen LogP contribution < -0.4 is 0 Å². The second-order valence-electron chi connectivity index (χ2n) is 6.70. The van der Waals surface area contributed by atoms with Crippen molar-refractivity contribution in [2.75, 3.05) is 7.05 Å². The van der Waals surface area contributed by atoms with Crippen LogP contribution in [-0.2, 0) is 14.8 Å². The summed E-state index contributed by atoms with van der Waals surface area (Å²) in [7, 11) is -2.03. The summed E-state index contributed by atoms with van der Waals surface area (Å²) < 4.78 is 28.1. The molecule has 1 aliphatic heterocycles. The van der Waals surface area contributed by atoms with Crippen LogP contribution in [0.4, 0.5) is 0 Å². The Morgan fingerprint density at radius 2 is 1.79 bits per heavy atom. The summed E-state index contributed by atoms with van der Waals surface area (Å²) in [6, 6.07) is 6.59. The van der Waals surface area contributed by atoms with E-state index in [0.717, 1.165) is 31.2 Å². The number of aryl methyl sites for hydroxylation is 1. The number of sulfonamides is 1. The highest BCUT2D eigenvalue weighted by molar-refractivity contribution is 7.89. The van der Waals surface area contributed by atoms with Gasteiger partial charge in [0.1, 0.15) is 6.17 Å². The van der Waals surface area contributed by atoms with Crippen LogP contribution in [0.3, 0.4) is 0 Å². The van der Waals surface area contributed by atoms with Crippen LogP contribution in [0.15, 0.2) is 41.8 Å². The Morgan fingerprint density at radius 1 is 1.17 bits per heavy atom. The third kappa shape index (κ3) is 2.67. The molecule has 1 aromatic rings. The summed E-state index contributed by atoms with van der Waals surface area (Å²) in [6.07, 6.45) is 4.30. The van der Waals surface area contributed by atoms with Gasteiger partial charge in [0.25, 0.3) is 0 Å². The van der Waals surface area contributed by atoms with Crippen LogP contribution in [0.1, 0.15) is 31.2 Å². The number of nitrogens with zero attached hydrogens (tertiary/aromatic N) is 2. The SMILES string of the molecule is C=C[C@H]1N(C)C(=O)[C@H]2CCCC[C@H]2N1S(=O)(=O)c1ccc(C)cc1. The molecule has 0 N–H and O–H groups in total. The predicted octanol–water partition coefficient (Wildman–Crippen LogP) is 2.53. The Kier molecular flexibility index (Phi) is 4.53. The largest absolute Gasteiger partial charge is 0.325 e. The zero-order chi connectivity index (χ0) is 17.5. The summed E-state index contributed by atoms with van der Waals surface area (Å²) in [5.41, 5.74) is 1.01. The van der Waals surface area contributed by atoms with E-state index in [9.17, 15) is 13.2 Å². The maximum absolute atomic E-state index is 13.3. The van der Waals surface area contributed by atoms with Gasteiger partial charge in [-0.15, -0.1) is 0 Å². The van der Waals surface area contributed by atoms with Crippen LogP contribution in [0.25, 0.3) is 0 Å². The molecule has 0 bridgehead atoms. The number of amides is 1. The standard InChI is InChI=1S/C18H24N2O3S/c1-4-17-19(3)18(21)15-7-5-6-8-16(15)20(17)24(22,23)14-11-9-13(2)10-12-14/h4,9-12,15-17H,1,5-8H2,2-3H3/t15-,16+,17-/m0/s1. The minimum Gasteiger partial charge on any atom is -0.325 e. The second-order valence-corrected chi connectivity index (χ2v) is 8.55. The number of fused-ring (bicyclic) bond motifs is 1. The lowest BCUT2D eigenvalue weighted by atomic mass is 9.81. The molecule has 6 heteroatoms. The average Bonchev–Trinajstić information content (AvgIpc) is 2.58. The summed E-state index contributed by atoms with van der Waals surface area (Å²) in [6.45, 7) is 5.70. The van der Waals surface area contributed by atoms with Gasteiger partial charge < -0.3 is 4.90 Å². The number of benzene rings is 1. The Balaban J connectivity index is 2.08. The first-order valence-electron chi connectivity index (χ1n) is 8.37. The lowest BCUT2D eigenvalue weighted by Gasteiger charge is -2.49. The van der Waals surface area contributed by atoms with Crippen LogP contribution in [0.5, 0.6) is 0 Å². The minimum absolute atomic E-state index is 0.0277. The fraction of sp³-hybridized carbons (Fsp3) is 0.500. The molecule has 0 unspecified atom stereocenters. The first kappa shape index (κ1) is 17.2. The normalized spacial score (nSPS) is 28.5. The van der Waals surface area contributed by atoms with Gasteiger partial charge in [0.05, 0.1) is 10.8 Å². The molecule has 1 amide bonds. The van der Waals surface area contributed by atoms with Gasteiger partial charge in [0, 0.05) is 13.1 Å². The van der Waals surface area contributed by atoms with Gasteiger partial charge in [-0.2, -0.15) is 4.31 Å². The maximum Gasteiger partial charge on any atom is 0.245 e. The van der Waals surface area contributed by atoms with E-state index in [0.29, 0.717) is 0 Å². The quantitative estimate of drug-likeness (QED) is 0.789. The van der Waals surface area contributed by atoms with E-state index in [1.54, 1.807) is 37.4 Å². The van der Waals surface area contributed by atoms with Crippen molar-refractivity contribution in [2.45, 2.75) is 49.7 Å². The Labute approximate surface area is 144 Å². The van der Waals surface area contributed by atoms with Gasteiger partial charge in [-0.1, -0.05) is 43.2 Å². The predicted molar refractivity (Wildman–Crippen MR) is 92.7 cm³/mol. The molecule has 0 spiro atoms. The molecule has 130 valence electrons. The van der Waals surface area contributed by atoms with Crippen molar-refractivity contribution in [2.24, 2.45) is 5.92 Å².